The molecule has 3 aliphatic rings. The summed E-state index contributed by atoms with van der Waals surface area (Å²) >= 11 is 0. The summed E-state index contributed by atoms with van der Waals surface area (Å²) < 4.78 is 37.9. The number of pyridine rings is 1. The first-order valence-corrected chi connectivity index (χ1v) is 15.8. The molecule has 0 radical (unpaired) electrons. The van der Waals surface area contributed by atoms with E-state index in [0.29, 0.717) is 49.2 Å². The van der Waals surface area contributed by atoms with Gasteiger partial charge in [0.25, 0.3) is 0 Å². The molecular weight excluding hydrogens is 564 g/mol. The Bertz CT molecular complexity index is 1720. The van der Waals surface area contributed by atoms with E-state index in [-0.39, 0.29) is 41.0 Å². The van der Waals surface area contributed by atoms with E-state index in [0.717, 1.165) is 48.6 Å². The fourth-order valence-corrected chi connectivity index (χ4v) is 7.80. The molecule has 0 spiro atoms. The third-order valence-electron chi connectivity index (χ3n) is 10.1. The van der Waals surface area contributed by atoms with Gasteiger partial charge in [0.05, 0.1) is 18.1 Å². The number of halogens is 2. The van der Waals surface area contributed by atoms with Crippen LogP contribution in [0.1, 0.15) is 51.5 Å². The van der Waals surface area contributed by atoms with Gasteiger partial charge in [-0.25, -0.2) is 8.78 Å². The minimum absolute atomic E-state index is 0.0188. The van der Waals surface area contributed by atoms with E-state index >= 15 is 4.39 Å². The Labute approximate surface area is 255 Å². The molecule has 3 fully saturated rings. The minimum atomic E-state index is -0.922. The average molecular weight is 604 g/mol. The van der Waals surface area contributed by atoms with Crippen molar-refractivity contribution in [2.24, 2.45) is 5.41 Å². The minimum Gasteiger partial charge on any atom is -0.508 e. The first kappa shape index (κ1) is 29.1. The van der Waals surface area contributed by atoms with Gasteiger partial charge < -0.3 is 19.8 Å². The van der Waals surface area contributed by atoms with Gasteiger partial charge in [0.2, 0.25) is 0 Å². The van der Waals surface area contributed by atoms with Crippen LogP contribution in [0.5, 0.6) is 11.8 Å². The molecule has 232 valence electrons. The van der Waals surface area contributed by atoms with Crippen molar-refractivity contribution in [2.75, 3.05) is 37.7 Å². The number of piperidine rings is 3. The van der Waals surface area contributed by atoms with Crippen molar-refractivity contribution in [1.29, 1.82) is 0 Å². The third kappa shape index (κ3) is 5.01. The molecule has 10 heteroatoms. The van der Waals surface area contributed by atoms with Crippen molar-refractivity contribution in [3.63, 3.8) is 0 Å². The maximum atomic E-state index is 16.8. The maximum Gasteiger partial charge on any atom is 0.319 e. The number of fused-ring (bicyclic) bond motifs is 4. The molecule has 0 amide bonds. The molecule has 3 saturated heterocycles. The van der Waals surface area contributed by atoms with E-state index in [4.69, 9.17) is 9.72 Å². The molecule has 7 rings (SSSR count). The second kappa shape index (κ2) is 11.4. The van der Waals surface area contributed by atoms with Crippen molar-refractivity contribution < 1.29 is 23.7 Å². The lowest BCUT2D eigenvalue weighted by Gasteiger charge is -2.53. The molecule has 8 nitrogen and oxygen atoms in total. The first-order chi connectivity index (χ1) is 21.3. The van der Waals surface area contributed by atoms with Crippen LogP contribution in [-0.4, -0.2) is 81.2 Å². The van der Waals surface area contributed by atoms with Gasteiger partial charge >= 0.3 is 6.01 Å². The first-order valence-electron chi connectivity index (χ1n) is 15.8. The predicted molar refractivity (Wildman–Crippen MR) is 166 cm³/mol. The van der Waals surface area contributed by atoms with Crippen LogP contribution >= 0.6 is 0 Å². The van der Waals surface area contributed by atoms with Crippen molar-refractivity contribution in [1.82, 2.24) is 19.9 Å². The molecule has 44 heavy (non-hydrogen) atoms. The molecule has 2 aromatic heterocycles. The summed E-state index contributed by atoms with van der Waals surface area (Å²) in [7, 11) is 0. The van der Waals surface area contributed by atoms with Crippen LogP contribution in [0.15, 0.2) is 36.5 Å². The second-order valence-electron chi connectivity index (χ2n) is 12.8. The Morgan fingerprint density at radius 2 is 2.00 bits per heavy atom. The number of phenols is 1. The van der Waals surface area contributed by atoms with Crippen LogP contribution in [0.2, 0.25) is 0 Å². The fraction of sp³-hybridized carbons (Fsp3) is 0.500. The summed E-state index contributed by atoms with van der Waals surface area (Å²) in [5, 5.41) is 23.1. The SMILES string of the molecule is CCc1cccc2cc(O)cc(-c3ncc4c(N5CCC[C@@H](O)C5)nc(OC[C@]56CCCN(C[C@H](F)C5)C6C)nc4c3F)c12. The average Bonchev–Trinajstić information content (AvgIpc) is 3.00. The number of hydrogen-bond acceptors (Lipinski definition) is 8. The van der Waals surface area contributed by atoms with Gasteiger partial charge in [-0.05, 0) is 80.5 Å². The number of β-amino-alcohol motifs (C(OH)–C–C–N with tert-alkyl or cyclic N) is 1. The largest absolute Gasteiger partial charge is 0.508 e. The number of ether oxygens (including phenoxy) is 1. The number of nitrogens with zero attached hydrogens (tertiary/aromatic N) is 5. The van der Waals surface area contributed by atoms with Crippen LogP contribution in [0.25, 0.3) is 32.9 Å². The smallest absolute Gasteiger partial charge is 0.319 e. The van der Waals surface area contributed by atoms with Crippen LogP contribution in [-0.2, 0) is 6.42 Å². The monoisotopic (exact) mass is 603 g/mol. The molecule has 0 saturated carbocycles. The number of hydrogen-bond donors (Lipinski definition) is 2. The Morgan fingerprint density at radius 3 is 2.82 bits per heavy atom. The molecule has 5 atom stereocenters. The Kier molecular flexibility index (Phi) is 7.53. The zero-order valence-electron chi connectivity index (χ0n) is 25.3. The number of benzene rings is 2. The van der Waals surface area contributed by atoms with Gasteiger partial charge in [-0.15, -0.1) is 0 Å². The van der Waals surface area contributed by atoms with Gasteiger partial charge in [-0.2, -0.15) is 9.97 Å². The van der Waals surface area contributed by atoms with E-state index in [2.05, 4.69) is 21.8 Å². The lowest BCUT2D eigenvalue weighted by atomic mass is 9.68. The zero-order chi connectivity index (χ0) is 30.6. The zero-order valence-corrected chi connectivity index (χ0v) is 25.3. The number of aryl methyl sites for hydroxylation is 1. The highest BCUT2D eigenvalue weighted by molar-refractivity contribution is 6.01. The Morgan fingerprint density at radius 1 is 1.14 bits per heavy atom. The van der Waals surface area contributed by atoms with Crippen molar-refractivity contribution >= 4 is 27.5 Å². The summed E-state index contributed by atoms with van der Waals surface area (Å²) in [5.41, 5.74) is 1.26. The summed E-state index contributed by atoms with van der Waals surface area (Å²) in [4.78, 5) is 18.1. The number of phenolic OH excluding ortho intramolecular Hbond substituents is 1. The number of aliphatic hydroxyl groups excluding tert-OH is 1. The van der Waals surface area contributed by atoms with E-state index in [1.165, 1.54) is 0 Å². The molecule has 2 aromatic carbocycles. The predicted octanol–water partition coefficient (Wildman–Crippen LogP) is 5.80. The lowest BCUT2D eigenvalue weighted by Crippen LogP contribution is -2.60. The van der Waals surface area contributed by atoms with E-state index in [1.54, 1.807) is 18.3 Å². The van der Waals surface area contributed by atoms with Gasteiger partial charge in [-0.1, -0.05) is 25.1 Å². The van der Waals surface area contributed by atoms with Gasteiger partial charge in [0.15, 0.2) is 5.82 Å². The van der Waals surface area contributed by atoms with Gasteiger partial charge in [0, 0.05) is 42.9 Å². The van der Waals surface area contributed by atoms with Crippen molar-refractivity contribution in [3.05, 3.63) is 47.9 Å². The van der Waals surface area contributed by atoms with Gasteiger partial charge in [0.1, 0.15) is 28.9 Å². The third-order valence-corrected chi connectivity index (χ3v) is 10.1. The summed E-state index contributed by atoms with van der Waals surface area (Å²) in [6.45, 7) is 6.72. The summed E-state index contributed by atoms with van der Waals surface area (Å²) in [5.74, 6) is -0.159. The molecule has 2 bridgehead atoms. The number of alkyl halides is 1. The molecule has 2 unspecified atom stereocenters. The van der Waals surface area contributed by atoms with Crippen LogP contribution in [0.4, 0.5) is 14.6 Å². The highest BCUT2D eigenvalue weighted by Gasteiger charge is 2.48. The molecule has 3 aliphatic heterocycles. The number of aromatic nitrogens is 3. The van der Waals surface area contributed by atoms with Crippen LogP contribution in [0, 0.1) is 11.2 Å². The highest BCUT2D eigenvalue weighted by atomic mass is 19.1. The number of aliphatic hydroxyl groups is 1. The molecular formula is C34H39F2N5O3. The van der Waals surface area contributed by atoms with Crippen molar-refractivity contribution in [3.8, 4) is 23.0 Å². The topological polar surface area (TPSA) is 94.8 Å². The molecule has 0 aliphatic carbocycles. The molecule has 2 N–H and O–H groups in total. The van der Waals surface area contributed by atoms with Crippen LogP contribution < -0.4 is 9.64 Å². The normalized spacial score (nSPS) is 27.2. The standard InChI is InChI=1S/C34H39F2N5O3/c1-3-21-7-4-8-22-13-25(43)14-26(28(21)22)30-29(36)31-27(16-37-30)32(41-11-5-9-24(42)18-41)39-33(38-31)44-19-34-10-6-12-40(20(34)2)17-23(35)15-34/h4,7-8,13-14,16,20,23-24,42-43H,3,5-6,9-12,15,17-19H2,1-2H3/t20?,23-,24-,34+/m1/s1. The quantitative estimate of drug-likeness (QED) is 0.286. The Balaban J connectivity index is 1.35. The van der Waals surface area contributed by atoms with Crippen molar-refractivity contribution in [2.45, 2.75) is 70.7 Å². The summed E-state index contributed by atoms with van der Waals surface area (Å²) in [6, 6.07) is 9.21. The van der Waals surface area contributed by atoms with Gasteiger partial charge in [-0.3, -0.25) is 9.88 Å². The molecule has 5 heterocycles. The maximum absolute atomic E-state index is 16.8. The Hall–Kier alpha value is -3.63. The van der Waals surface area contributed by atoms with Crippen LogP contribution in [0.3, 0.4) is 0 Å². The highest BCUT2D eigenvalue weighted by Crippen LogP contribution is 2.45. The molecule has 4 aromatic rings. The van der Waals surface area contributed by atoms with E-state index in [9.17, 15) is 14.6 Å². The summed E-state index contributed by atoms with van der Waals surface area (Å²) in [6.07, 6.45) is 4.53. The fourth-order valence-electron chi connectivity index (χ4n) is 7.80. The van der Waals surface area contributed by atoms with E-state index < -0.39 is 18.1 Å². The lowest BCUT2D eigenvalue weighted by molar-refractivity contribution is -0.0790. The number of anilines is 1. The van der Waals surface area contributed by atoms with E-state index in [1.807, 2.05) is 30.0 Å². The number of aromatic hydroxyl groups is 1. The second-order valence-corrected chi connectivity index (χ2v) is 12.8. The number of rotatable bonds is 6.